The van der Waals surface area contributed by atoms with Crippen molar-refractivity contribution in [1.29, 1.82) is 0 Å². The molecule has 0 radical (unpaired) electrons. The highest BCUT2D eigenvalue weighted by Gasteiger charge is 2.35. The summed E-state index contributed by atoms with van der Waals surface area (Å²) < 4.78 is 0. The molecule has 1 aliphatic rings. The molecule has 0 bridgehead atoms. The Morgan fingerprint density at radius 1 is 1.15 bits per heavy atom. The molecule has 1 unspecified atom stereocenters. The number of carbonyl (C=O) groups is 1. The van der Waals surface area contributed by atoms with Gasteiger partial charge in [-0.1, -0.05) is 35.9 Å². The number of halogens is 1. The zero-order valence-corrected chi connectivity index (χ0v) is 15.8. The quantitative estimate of drug-likeness (QED) is 0.584. The smallest absolute Gasteiger partial charge is 0.247 e. The predicted octanol–water partition coefficient (Wildman–Crippen LogP) is 5.05. The van der Waals surface area contributed by atoms with Crippen molar-refractivity contribution in [3.63, 3.8) is 0 Å². The first-order chi connectivity index (χ1) is 13.1. The molecule has 136 valence electrons. The molecule has 4 nitrogen and oxygen atoms in total. The van der Waals surface area contributed by atoms with Crippen molar-refractivity contribution in [3.05, 3.63) is 77.1 Å². The largest absolute Gasteiger partial charge is 0.329 e. The Morgan fingerprint density at radius 3 is 2.56 bits per heavy atom. The van der Waals surface area contributed by atoms with Crippen LogP contribution in [0.1, 0.15) is 37.1 Å². The average Bonchev–Trinajstić information content (AvgIpc) is 3.52. The summed E-state index contributed by atoms with van der Waals surface area (Å²) in [5.41, 5.74) is 3.42. The van der Waals surface area contributed by atoms with Gasteiger partial charge in [0.15, 0.2) is 0 Å². The van der Waals surface area contributed by atoms with Gasteiger partial charge in [0.1, 0.15) is 0 Å². The molecule has 1 amide bonds. The topological polar surface area (TPSA) is 46.1 Å². The molecule has 0 spiro atoms. The van der Waals surface area contributed by atoms with Crippen LogP contribution in [-0.2, 0) is 4.79 Å². The number of hydrogen-bond acceptors (Lipinski definition) is 3. The van der Waals surface area contributed by atoms with E-state index in [1.165, 1.54) is 0 Å². The van der Waals surface area contributed by atoms with E-state index in [0.717, 1.165) is 29.4 Å². The van der Waals surface area contributed by atoms with Gasteiger partial charge in [-0.05, 0) is 55.7 Å². The number of hydrogen-bond donors (Lipinski definition) is 0. The molecule has 1 heterocycles. The fraction of sp³-hybridized carbons (Fsp3) is 0.227. The predicted molar refractivity (Wildman–Crippen MR) is 108 cm³/mol. The maximum Gasteiger partial charge on any atom is 0.247 e. The van der Waals surface area contributed by atoms with E-state index in [2.05, 4.69) is 16.9 Å². The van der Waals surface area contributed by atoms with Gasteiger partial charge in [0.25, 0.3) is 0 Å². The van der Waals surface area contributed by atoms with Gasteiger partial charge in [-0.15, -0.1) is 0 Å². The standard InChI is InChI=1S/C22H20ClN3O/c1-15(16-6-8-17(23)9-7-16)26(19-11-12-19)22(27)13-10-18-14-24-20-4-2-3-5-21(20)25-18/h2-10,13-15,19H,11-12H2,1H3/b13-10+. The average molecular weight is 378 g/mol. The summed E-state index contributed by atoms with van der Waals surface area (Å²) in [6.45, 7) is 2.06. The molecular weight excluding hydrogens is 358 g/mol. The maximum atomic E-state index is 12.9. The lowest BCUT2D eigenvalue weighted by atomic mass is 10.1. The number of fused-ring (bicyclic) bond motifs is 1. The molecule has 1 aliphatic carbocycles. The number of para-hydroxylation sites is 2. The summed E-state index contributed by atoms with van der Waals surface area (Å²) in [7, 11) is 0. The van der Waals surface area contributed by atoms with Gasteiger partial charge in [0, 0.05) is 17.1 Å². The van der Waals surface area contributed by atoms with E-state index >= 15 is 0 Å². The fourth-order valence-corrected chi connectivity index (χ4v) is 3.36. The molecule has 0 saturated heterocycles. The van der Waals surface area contributed by atoms with E-state index in [4.69, 9.17) is 11.6 Å². The van der Waals surface area contributed by atoms with E-state index in [9.17, 15) is 4.79 Å². The van der Waals surface area contributed by atoms with Crippen LogP contribution in [0.5, 0.6) is 0 Å². The molecule has 27 heavy (non-hydrogen) atoms. The second-order valence-electron chi connectivity index (χ2n) is 6.82. The minimum absolute atomic E-state index is 0.00471. The van der Waals surface area contributed by atoms with Crippen molar-refractivity contribution in [2.24, 2.45) is 0 Å². The lowest BCUT2D eigenvalue weighted by molar-refractivity contribution is -0.128. The molecule has 3 aromatic rings. The van der Waals surface area contributed by atoms with E-state index in [1.807, 2.05) is 53.4 Å². The van der Waals surface area contributed by atoms with Crippen molar-refractivity contribution in [2.75, 3.05) is 0 Å². The molecule has 0 aliphatic heterocycles. The second kappa shape index (κ2) is 7.49. The Bertz CT molecular complexity index is 996. The highest BCUT2D eigenvalue weighted by molar-refractivity contribution is 6.30. The SMILES string of the molecule is CC(c1ccc(Cl)cc1)N(C(=O)/C=C/c1cnc2ccccc2n1)C1CC1. The molecule has 1 saturated carbocycles. The first kappa shape index (κ1) is 17.7. The van der Waals surface area contributed by atoms with Crippen LogP contribution < -0.4 is 0 Å². The van der Waals surface area contributed by atoms with Gasteiger partial charge >= 0.3 is 0 Å². The van der Waals surface area contributed by atoms with Gasteiger partial charge in [0.2, 0.25) is 5.91 Å². The number of rotatable bonds is 5. The van der Waals surface area contributed by atoms with E-state index in [1.54, 1.807) is 18.3 Å². The maximum absolute atomic E-state index is 12.9. The number of nitrogens with zero attached hydrogens (tertiary/aromatic N) is 3. The van der Waals surface area contributed by atoms with Crippen LogP contribution in [0.2, 0.25) is 5.02 Å². The zero-order chi connectivity index (χ0) is 18.8. The number of benzene rings is 2. The Hall–Kier alpha value is -2.72. The molecule has 1 fully saturated rings. The highest BCUT2D eigenvalue weighted by Crippen LogP contribution is 2.35. The third-order valence-electron chi connectivity index (χ3n) is 4.83. The van der Waals surface area contributed by atoms with Crippen LogP contribution in [0.15, 0.2) is 60.8 Å². The monoisotopic (exact) mass is 377 g/mol. The van der Waals surface area contributed by atoms with Crippen molar-refractivity contribution in [2.45, 2.75) is 31.8 Å². The van der Waals surface area contributed by atoms with Gasteiger partial charge in [-0.25, -0.2) is 4.98 Å². The van der Waals surface area contributed by atoms with Crippen molar-refractivity contribution in [3.8, 4) is 0 Å². The lowest BCUT2D eigenvalue weighted by Crippen LogP contribution is -2.34. The molecule has 1 aromatic heterocycles. The minimum atomic E-state index is -0.00500. The summed E-state index contributed by atoms with van der Waals surface area (Å²) in [5.74, 6) is -0.00471. The summed E-state index contributed by atoms with van der Waals surface area (Å²) >= 11 is 5.99. The van der Waals surface area contributed by atoms with Crippen LogP contribution in [-0.4, -0.2) is 26.8 Å². The van der Waals surface area contributed by atoms with Crippen LogP contribution in [0.3, 0.4) is 0 Å². The fourth-order valence-electron chi connectivity index (χ4n) is 3.24. The van der Waals surface area contributed by atoms with E-state index < -0.39 is 0 Å². The Kier molecular flexibility index (Phi) is 4.90. The Morgan fingerprint density at radius 2 is 1.85 bits per heavy atom. The van der Waals surface area contributed by atoms with Gasteiger partial charge in [-0.3, -0.25) is 9.78 Å². The molecule has 2 aromatic carbocycles. The molecule has 4 rings (SSSR count). The Balaban J connectivity index is 1.54. The molecule has 5 heteroatoms. The van der Waals surface area contributed by atoms with Crippen LogP contribution >= 0.6 is 11.6 Å². The second-order valence-corrected chi connectivity index (χ2v) is 7.26. The zero-order valence-electron chi connectivity index (χ0n) is 15.0. The Labute approximate surface area is 163 Å². The van der Waals surface area contributed by atoms with E-state index in [0.29, 0.717) is 16.8 Å². The number of carbonyl (C=O) groups excluding carboxylic acids is 1. The molecule has 0 N–H and O–H groups in total. The third kappa shape index (κ3) is 4.01. The van der Waals surface area contributed by atoms with Gasteiger partial charge in [-0.2, -0.15) is 0 Å². The van der Waals surface area contributed by atoms with Crippen LogP contribution in [0, 0.1) is 0 Å². The summed E-state index contributed by atoms with van der Waals surface area (Å²) in [5, 5.41) is 0.699. The van der Waals surface area contributed by atoms with Crippen molar-refractivity contribution < 1.29 is 4.79 Å². The van der Waals surface area contributed by atoms with Gasteiger partial charge in [0.05, 0.1) is 29.0 Å². The first-order valence-corrected chi connectivity index (χ1v) is 9.47. The summed E-state index contributed by atoms with van der Waals surface area (Å²) in [6.07, 6.45) is 7.13. The first-order valence-electron chi connectivity index (χ1n) is 9.09. The van der Waals surface area contributed by atoms with Gasteiger partial charge < -0.3 is 4.90 Å². The highest BCUT2D eigenvalue weighted by atomic mass is 35.5. The van der Waals surface area contributed by atoms with Crippen LogP contribution in [0.4, 0.5) is 0 Å². The van der Waals surface area contributed by atoms with E-state index in [-0.39, 0.29) is 11.9 Å². The van der Waals surface area contributed by atoms with Crippen LogP contribution in [0.25, 0.3) is 17.1 Å². The van der Waals surface area contributed by atoms with Crippen molar-refractivity contribution in [1.82, 2.24) is 14.9 Å². The molecular formula is C22H20ClN3O. The third-order valence-corrected chi connectivity index (χ3v) is 5.08. The summed E-state index contributed by atoms with van der Waals surface area (Å²) in [4.78, 5) is 23.8. The minimum Gasteiger partial charge on any atom is -0.329 e. The summed E-state index contributed by atoms with van der Waals surface area (Å²) in [6, 6.07) is 15.7. The molecule has 1 atom stereocenters. The lowest BCUT2D eigenvalue weighted by Gasteiger charge is -2.28. The number of aromatic nitrogens is 2. The number of amides is 1. The van der Waals surface area contributed by atoms with Crippen molar-refractivity contribution >= 4 is 34.6 Å². The normalized spacial score (nSPS) is 15.2.